The quantitative estimate of drug-likeness (QED) is 0.231. The Kier molecular flexibility index (Phi) is 6.67. The number of carbonyl (C=O) groups is 1. The Labute approximate surface area is 198 Å². The zero-order chi connectivity index (χ0) is 22.0. The van der Waals surface area contributed by atoms with Crippen LogP contribution in [-0.4, -0.2) is 33.4 Å². The van der Waals surface area contributed by atoms with E-state index in [1.54, 1.807) is 34.3 Å². The minimum atomic E-state index is -0.934. The summed E-state index contributed by atoms with van der Waals surface area (Å²) in [5.41, 5.74) is 1.75. The molecule has 0 aliphatic heterocycles. The summed E-state index contributed by atoms with van der Waals surface area (Å²) in [6.07, 6.45) is 5.82. The monoisotopic (exact) mass is 489 g/mol. The van der Waals surface area contributed by atoms with Crippen LogP contribution in [0.25, 0.3) is 16.7 Å². The smallest absolute Gasteiger partial charge is 0.324 e. The van der Waals surface area contributed by atoms with E-state index in [9.17, 15) is 9.90 Å². The molecule has 4 aromatic rings. The van der Waals surface area contributed by atoms with E-state index in [2.05, 4.69) is 4.98 Å². The van der Waals surface area contributed by atoms with E-state index in [0.717, 1.165) is 32.2 Å². The Morgan fingerprint density at radius 1 is 1.06 bits per heavy atom. The number of pyridine rings is 1. The summed E-state index contributed by atoms with van der Waals surface area (Å²) in [7, 11) is 0. The van der Waals surface area contributed by atoms with Crippen molar-refractivity contribution in [1.82, 2.24) is 9.55 Å². The Hall–Kier alpha value is -2.32. The number of nitrogens with zero attached hydrogens (tertiary/aromatic N) is 3. The first-order chi connectivity index (χ1) is 14.9. The van der Waals surface area contributed by atoms with Crippen molar-refractivity contribution in [2.45, 2.75) is 9.79 Å². The third-order valence-corrected chi connectivity index (χ3v) is 6.65. The molecule has 0 saturated heterocycles. The van der Waals surface area contributed by atoms with Crippen molar-refractivity contribution in [2.75, 3.05) is 17.1 Å². The van der Waals surface area contributed by atoms with Crippen molar-refractivity contribution in [2.24, 2.45) is 0 Å². The highest BCUT2D eigenvalue weighted by Gasteiger charge is 2.15. The largest absolute Gasteiger partial charge is 0.480 e. The normalized spacial score (nSPS) is 11.1. The van der Waals surface area contributed by atoms with Gasteiger partial charge in [-0.2, -0.15) is 0 Å². The van der Waals surface area contributed by atoms with Gasteiger partial charge in [0.25, 0.3) is 0 Å². The molecule has 9 heteroatoms. The number of aliphatic carboxylic acids is 1. The second kappa shape index (κ2) is 9.44. The third-order valence-electron chi connectivity index (χ3n) is 4.50. The van der Waals surface area contributed by atoms with E-state index in [4.69, 9.17) is 23.2 Å². The van der Waals surface area contributed by atoms with Gasteiger partial charge in [-0.05, 0) is 72.8 Å². The Bertz CT molecular complexity index is 1230. The summed E-state index contributed by atoms with van der Waals surface area (Å²) < 4.78 is 3.71. The van der Waals surface area contributed by atoms with Crippen LogP contribution < -0.4 is 4.31 Å². The fourth-order valence-corrected chi connectivity index (χ4v) is 5.15. The molecular formula is C22H17Cl2N3O2S2. The number of anilines is 1. The summed E-state index contributed by atoms with van der Waals surface area (Å²) >= 11 is 15.1. The van der Waals surface area contributed by atoms with Crippen molar-refractivity contribution in [3.05, 3.63) is 77.0 Å². The molecule has 1 N–H and O–H groups in total. The average Bonchev–Trinajstić information content (AvgIpc) is 3.15. The van der Waals surface area contributed by atoms with Gasteiger partial charge in [0.1, 0.15) is 12.4 Å². The number of rotatable bonds is 7. The second-order valence-electron chi connectivity index (χ2n) is 6.61. The molecule has 0 radical (unpaired) electrons. The molecule has 0 spiro atoms. The molecule has 158 valence electrons. The SMILES string of the molecule is CSc1ccc(-n2ccc3cc(N(CC(=O)O)Sc4cc(Cl)cc(Cl)c4)ccc32)nc1. The summed E-state index contributed by atoms with van der Waals surface area (Å²) in [5.74, 6) is -0.109. The average molecular weight is 490 g/mol. The Morgan fingerprint density at radius 3 is 2.48 bits per heavy atom. The first kappa shape index (κ1) is 21.9. The van der Waals surface area contributed by atoms with E-state index in [1.165, 1.54) is 11.9 Å². The van der Waals surface area contributed by atoms with Gasteiger partial charge >= 0.3 is 5.97 Å². The number of hydrogen-bond donors (Lipinski definition) is 1. The number of aromatic nitrogens is 2. The highest BCUT2D eigenvalue weighted by atomic mass is 35.5. The van der Waals surface area contributed by atoms with Gasteiger partial charge in [-0.3, -0.25) is 4.79 Å². The lowest BCUT2D eigenvalue weighted by Crippen LogP contribution is -2.22. The molecule has 0 bridgehead atoms. The Morgan fingerprint density at radius 2 is 1.84 bits per heavy atom. The molecule has 5 nitrogen and oxygen atoms in total. The maximum Gasteiger partial charge on any atom is 0.324 e. The van der Waals surface area contributed by atoms with Gasteiger partial charge in [0.2, 0.25) is 0 Å². The zero-order valence-electron chi connectivity index (χ0n) is 16.3. The number of carboxylic acids is 1. The van der Waals surface area contributed by atoms with E-state index in [1.807, 2.05) is 59.6 Å². The molecule has 0 atom stereocenters. The van der Waals surface area contributed by atoms with Gasteiger partial charge in [0.05, 0.1) is 5.52 Å². The van der Waals surface area contributed by atoms with Crippen LogP contribution >= 0.6 is 46.9 Å². The summed E-state index contributed by atoms with van der Waals surface area (Å²) in [6.45, 7) is -0.182. The third kappa shape index (κ3) is 5.13. The summed E-state index contributed by atoms with van der Waals surface area (Å²) in [4.78, 5) is 17.9. The number of benzene rings is 2. The van der Waals surface area contributed by atoms with Gasteiger partial charge in [-0.25, -0.2) is 4.98 Å². The van der Waals surface area contributed by atoms with E-state index in [0.29, 0.717) is 10.0 Å². The molecular weight excluding hydrogens is 473 g/mol. The zero-order valence-corrected chi connectivity index (χ0v) is 19.5. The van der Waals surface area contributed by atoms with Crippen LogP contribution in [0.5, 0.6) is 0 Å². The molecule has 2 heterocycles. The van der Waals surface area contributed by atoms with Crippen molar-refractivity contribution in [3.8, 4) is 5.82 Å². The molecule has 2 aromatic heterocycles. The molecule has 0 unspecified atom stereocenters. The van der Waals surface area contributed by atoms with Crippen LogP contribution in [-0.2, 0) is 4.79 Å². The fraction of sp³-hybridized carbons (Fsp3) is 0.0909. The fourth-order valence-electron chi connectivity index (χ4n) is 3.13. The lowest BCUT2D eigenvalue weighted by atomic mass is 10.2. The van der Waals surface area contributed by atoms with Crippen molar-refractivity contribution in [1.29, 1.82) is 0 Å². The van der Waals surface area contributed by atoms with Crippen molar-refractivity contribution < 1.29 is 9.90 Å². The molecule has 0 aliphatic rings. The Balaban J connectivity index is 1.67. The van der Waals surface area contributed by atoms with Crippen molar-refractivity contribution in [3.63, 3.8) is 0 Å². The molecule has 0 aliphatic carbocycles. The van der Waals surface area contributed by atoms with Crippen LogP contribution in [0.2, 0.25) is 10.0 Å². The predicted molar refractivity (Wildman–Crippen MR) is 130 cm³/mol. The highest BCUT2D eigenvalue weighted by molar-refractivity contribution is 8.00. The summed E-state index contributed by atoms with van der Waals surface area (Å²) in [6, 6.07) is 17.0. The standard InChI is InChI=1S/C22H17Cl2N3O2S2/c1-30-18-3-5-21(25-12-18)26-7-6-14-8-17(2-4-20(14)26)27(13-22(28)29)31-19-10-15(23)9-16(24)11-19/h2-12H,13H2,1H3,(H,28,29). The molecule has 0 saturated carbocycles. The van der Waals surface area contributed by atoms with Gasteiger partial charge in [0.15, 0.2) is 0 Å². The van der Waals surface area contributed by atoms with Gasteiger partial charge in [-0.1, -0.05) is 23.2 Å². The maximum atomic E-state index is 11.5. The van der Waals surface area contributed by atoms with Crippen LogP contribution in [0.1, 0.15) is 0 Å². The topological polar surface area (TPSA) is 58.4 Å². The van der Waals surface area contributed by atoms with Crippen LogP contribution in [0, 0.1) is 0 Å². The van der Waals surface area contributed by atoms with Gasteiger partial charge in [0, 0.05) is 43.3 Å². The lowest BCUT2D eigenvalue weighted by Gasteiger charge is -2.22. The predicted octanol–water partition coefficient (Wildman–Crippen LogP) is 6.65. The maximum absolute atomic E-state index is 11.5. The number of halogens is 2. The minimum Gasteiger partial charge on any atom is -0.480 e. The molecule has 0 amide bonds. The highest BCUT2D eigenvalue weighted by Crippen LogP contribution is 2.34. The molecule has 4 rings (SSSR count). The van der Waals surface area contributed by atoms with Crippen LogP contribution in [0.15, 0.2) is 76.8 Å². The van der Waals surface area contributed by atoms with Crippen LogP contribution in [0.3, 0.4) is 0 Å². The molecule has 0 fully saturated rings. The second-order valence-corrected chi connectivity index (χ2v) is 9.46. The van der Waals surface area contributed by atoms with E-state index < -0.39 is 5.97 Å². The first-order valence-corrected chi connectivity index (χ1v) is 11.9. The minimum absolute atomic E-state index is 0.182. The number of fused-ring (bicyclic) bond motifs is 1. The molecule has 31 heavy (non-hydrogen) atoms. The van der Waals surface area contributed by atoms with E-state index in [-0.39, 0.29) is 6.54 Å². The van der Waals surface area contributed by atoms with Gasteiger partial charge in [-0.15, -0.1) is 11.8 Å². The van der Waals surface area contributed by atoms with Crippen LogP contribution in [0.4, 0.5) is 5.69 Å². The number of hydrogen-bond acceptors (Lipinski definition) is 5. The van der Waals surface area contributed by atoms with Crippen molar-refractivity contribution >= 4 is 69.5 Å². The number of thioether (sulfide) groups is 1. The first-order valence-electron chi connectivity index (χ1n) is 9.18. The lowest BCUT2D eigenvalue weighted by molar-refractivity contribution is -0.135. The van der Waals surface area contributed by atoms with E-state index >= 15 is 0 Å². The number of carboxylic acid groups (broad SMARTS) is 1. The van der Waals surface area contributed by atoms with Gasteiger partial charge < -0.3 is 14.0 Å². The molecule has 2 aromatic carbocycles. The summed E-state index contributed by atoms with van der Waals surface area (Å²) in [5, 5.41) is 11.4.